The van der Waals surface area contributed by atoms with Gasteiger partial charge in [0.05, 0.1) is 4.92 Å². The molecule has 98 valence electrons. The highest BCUT2D eigenvalue weighted by Gasteiger charge is 2.19. The predicted octanol–water partition coefficient (Wildman–Crippen LogP) is 2.54. The topological polar surface area (TPSA) is 81.0 Å². The van der Waals surface area contributed by atoms with Crippen LogP contribution in [0.25, 0.3) is 11.3 Å². The molecule has 0 fully saturated rings. The maximum atomic E-state index is 13.6. The van der Waals surface area contributed by atoms with Gasteiger partial charge in [0.15, 0.2) is 5.69 Å². The van der Waals surface area contributed by atoms with Crippen molar-refractivity contribution >= 4 is 11.6 Å². The van der Waals surface area contributed by atoms with Crippen LogP contribution in [0.1, 0.15) is 5.56 Å². The number of aromatic nitrogens is 2. The van der Waals surface area contributed by atoms with Crippen LogP contribution in [0.2, 0.25) is 0 Å². The molecule has 0 atom stereocenters. The van der Waals surface area contributed by atoms with Gasteiger partial charge in [-0.3, -0.25) is 10.1 Å². The Balaban J connectivity index is 2.64. The third-order valence-electron chi connectivity index (χ3n) is 2.64. The summed E-state index contributed by atoms with van der Waals surface area (Å²) in [5, 5.41) is 13.6. The lowest BCUT2D eigenvalue weighted by Gasteiger charge is -2.05. The zero-order chi connectivity index (χ0) is 14.0. The summed E-state index contributed by atoms with van der Waals surface area (Å²) in [6.45, 7) is 1.62. The molecule has 0 amide bonds. The minimum Gasteiger partial charge on any atom is -0.357 e. The number of halogens is 1. The van der Waals surface area contributed by atoms with Crippen LogP contribution in [0.15, 0.2) is 24.4 Å². The van der Waals surface area contributed by atoms with Crippen molar-refractivity contribution in [3.8, 4) is 11.3 Å². The van der Waals surface area contributed by atoms with Crippen molar-refractivity contribution in [1.29, 1.82) is 0 Å². The van der Waals surface area contributed by atoms with Gasteiger partial charge in [-0.1, -0.05) is 12.1 Å². The predicted molar refractivity (Wildman–Crippen MR) is 68.4 cm³/mol. The van der Waals surface area contributed by atoms with Crippen LogP contribution in [0.4, 0.5) is 16.0 Å². The fourth-order valence-electron chi connectivity index (χ4n) is 1.58. The molecule has 2 rings (SSSR count). The van der Waals surface area contributed by atoms with Crippen molar-refractivity contribution < 1.29 is 9.31 Å². The third-order valence-corrected chi connectivity index (χ3v) is 2.64. The molecule has 7 heteroatoms. The molecule has 1 N–H and O–H groups in total. The summed E-state index contributed by atoms with van der Waals surface area (Å²) < 4.78 is 13.6. The summed E-state index contributed by atoms with van der Waals surface area (Å²) in [4.78, 5) is 18.2. The molecular weight excluding hydrogens is 251 g/mol. The van der Waals surface area contributed by atoms with Crippen LogP contribution in [0.5, 0.6) is 0 Å². The number of aryl methyl sites for hydroxylation is 1. The van der Waals surface area contributed by atoms with Gasteiger partial charge in [-0.15, -0.1) is 0 Å². The second-order valence-electron chi connectivity index (χ2n) is 3.90. The van der Waals surface area contributed by atoms with E-state index in [0.717, 1.165) is 6.20 Å². The van der Waals surface area contributed by atoms with E-state index in [-0.39, 0.29) is 17.3 Å². The van der Waals surface area contributed by atoms with Crippen molar-refractivity contribution in [1.82, 2.24) is 9.97 Å². The molecule has 1 heterocycles. The minimum absolute atomic E-state index is 0.0863. The van der Waals surface area contributed by atoms with Crippen LogP contribution in [0, 0.1) is 22.9 Å². The van der Waals surface area contributed by atoms with Crippen LogP contribution < -0.4 is 5.32 Å². The summed E-state index contributed by atoms with van der Waals surface area (Å²) >= 11 is 0. The Bertz CT molecular complexity index is 646. The average Bonchev–Trinajstić information content (AvgIpc) is 2.41. The summed E-state index contributed by atoms with van der Waals surface area (Å²) in [5.74, 6) is -0.196. The molecule has 2 aromatic rings. The summed E-state index contributed by atoms with van der Waals surface area (Å²) in [7, 11) is 1.60. The molecule has 6 nitrogen and oxygen atoms in total. The first-order chi connectivity index (χ1) is 9.02. The number of nitro groups is 1. The normalized spacial score (nSPS) is 10.3. The molecule has 0 bridgehead atoms. The summed E-state index contributed by atoms with van der Waals surface area (Å²) in [6.07, 6.45) is 1.10. The summed E-state index contributed by atoms with van der Waals surface area (Å²) in [6, 6.07) is 4.37. The quantitative estimate of drug-likeness (QED) is 0.679. The van der Waals surface area contributed by atoms with E-state index in [1.165, 1.54) is 6.07 Å². The number of nitrogens with zero attached hydrogens (tertiary/aromatic N) is 3. The molecule has 0 radical (unpaired) electrons. The molecule has 0 spiro atoms. The Hall–Kier alpha value is -2.57. The third kappa shape index (κ3) is 2.49. The highest BCUT2D eigenvalue weighted by molar-refractivity contribution is 5.70. The van der Waals surface area contributed by atoms with Gasteiger partial charge < -0.3 is 5.32 Å². The minimum atomic E-state index is -0.591. The molecule has 0 unspecified atom stereocenters. The Morgan fingerprint density at radius 3 is 2.74 bits per heavy atom. The number of rotatable bonds is 3. The Kier molecular flexibility index (Phi) is 3.37. The van der Waals surface area contributed by atoms with Crippen molar-refractivity contribution in [2.75, 3.05) is 12.4 Å². The number of benzene rings is 1. The van der Waals surface area contributed by atoms with Crippen molar-refractivity contribution in [2.45, 2.75) is 6.92 Å². The molecule has 19 heavy (non-hydrogen) atoms. The largest absolute Gasteiger partial charge is 0.357 e. The monoisotopic (exact) mass is 262 g/mol. The maximum absolute atomic E-state index is 13.6. The standard InChI is InChI=1S/C12H11FN4O2/c1-7-3-4-8(5-9(7)13)11-10(17(18)19)6-15-12(14-2)16-11/h3-6H,1-2H3,(H,14,15,16). The first-order valence-corrected chi connectivity index (χ1v) is 5.48. The average molecular weight is 262 g/mol. The molecule has 0 aliphatic heterocycles. The van der Waals surface area contributed by atoms with E-state index in [2.05, 4.69) is 15.3 Å². The molecule has 1 aromatic carbocycles. The fraction of sp³-hybridized carbons (Fsp3) is 0.167. The van der Waals surface area contributed by atoms with Gasteiger partial charge >= 0.3 is 5.69 Å². The van der Waals surface area contributed by atoms with Gasteiger partial charge in [0.1, 0.15) is 12.0 Å². The molecule has 1 aromatic heterocycles. The van der Waals surface area contributed by atoms with Crippen LogP contribution in [0.3, 0.4) is 0 Å². The molecule has 0 saturated heterocycles. The first-order valence-electron chi connectivity index (χ1n) is 5.48. The molecular formula is C12H11FN4O2. The van der Waals surface area contributed by atoms with Crippen molar-refractivity contribution in [3.05, 3.63) is 45.9 Å². The maximum Gasteiger partial charge on any atom is 0.313 e. The highest BCUT2D eigenvalue weighted by Crippen LogP contribution is 2.29. The fourth-order valence-corrected chi connectivity index (χ4v) is 1.58. The van der Waals surface area contributed by atoms with E-state index in [4.69, 9.17) is 0 Å². The molecule has 0 aliphatic carbocycles. The zero-order valence-electron chi connectivity index (χ0n) is 10.3. The second-order valence-corrected chi connectivity index (χ2v) is 3.90. The van der Waals surface area contributed by atoms with E-state index >= 15 is 0 Å². The van der Waals surface area contributed by atoms with Gasteiger partial charge in [-0.25, -0.2) is 14.4 Å². The van der Waals surface area contributed by atoms with Crippen LogP contribution >= 0.6 is 0 Å². The SMILES string of the molecule is CNc1ncc([N+](=O)[O-])c(-c2ccc(C)c(F)c2)n1. The Morgan fingerprint density at radius 1 is 1.42 bits per heavy atom. The lowest BCUT2D eigenvalue weighted by atomic mass is 10.1. The van der Waals surface area contributed by atoms with Crippen molar-refractivity contribution in [2.24, 2.45) is 0 Å². The molecule has 0 saturated carbocycles. The lowest BCUT2D eigenvalue weighted by Crippen LogP contribution is -2.02. The van der Waals surface area contributed by atoms with Gasteiger partial charge in [0.2, 0.25) is 5.95 Å². The summed E-state index contributed by atoms with van der Waals surface area (Å²) in [5.41, 5.74) is 0.633. The van der Waals surface area contributed by atoms with Crippen LogP contribution in [-0.2, 0) is 0 Å². The second kappa shape index (κ2) is 4.97. The number of anilines is 1. The molecule has 0 aliphatic rings. The van der Waals surface area contributed by atoms with E-state index in [0.29, 0.717) is 11.1 Å². The lowest BCUT2D eigenvalue weighted by molar-refractivity contribution is -0.384. The Morgan fingerprint density at radius 2 is 2.16 bits per heavy atom. The number of hydrogen-bond acceptors (Lipinski definition) is 5. The van der Waals surface area contributed by atoms with Gasteiger partial charge in [-0.05, 0) is 18.6 Å². The van der Waals surface area contributed by atoms with Crippen LogP contribution in [-0.4, -0.2) is 21.9 Å². The highest BCUT2D eigenvalue weighted by atomic mass is 19.1. The van der Waals surface area contributed by atoms with E-state index < -0.39 is 10.7 Å². The first kappa shape index (κ1) is 12.9. The van der Waals surface area contributed by atoms with Gasteiger partial charge in [-0.2, -0.15) is 0 Å². The van der Waals surface area contributed by atoms with E-state index in [9.17, 15) is 14.5 Å². The Labute approximate surface area is 108 Å². The van der Waals surface area contributed by atoms with E-state index in [1.807, 2.05) is 0 Å². The number of hydrogen-bond donors (Lipinski definition) is 1. The van der Waals surface area contributed by atoms with Crippen molar-refractivity contribution in [3.63, 3.8) is 0 Å². The van der Waals surface area contributed by atoms with E-state index in [1.54, 1.807) is 26.1 Å². The zero-order valence-corrected chi connectivity index (χ0v) is 10.3. The number of nitrogens with one attached hydrogen (secondary N) is 1. The smallest absolute Gasteiger partial charge is 0.313 e. The van der Waals surface area contributed by atoms with Gasteiger partial charge in [0, 0.05) is 12.6 Å². The van der Waals surface area contributed by atoms with Gasteiger partial charge in [0.25, 0.3) is 0 Å².